The SMILES string of the molecule is CCCCCCNc1cccc(-n2cnnn2)c1. The summed E-state index contributed by atoms with van der Waals surface area (Å²) in [6.45, 7) is 3.24. The van der Waals surface area contributed by atoms with E-state index in [-0.39, 0.29) is 0 Å². The zero-order valence-electron chi connectivity index (χ0n) is 10.7. The average molecular weight is 245 g/mol. The van der Waals surface area contributed by atoms with Gasteiger partial charge in [0.15, 0.2) is 0 Å². The predicted octanol–water partition coefficient (Wildman–Crippen LogP) is 2.65. The van der Waals surface area contributed by atoms with Crippen LogP contribution in [0.2, 0.25) is 0 Å². The van der Waals surface area contributed by atoms with Gasteiger partial charge >= 0.3 is 0 Å². The van der Waals surface area contributed by atoms with Crippen molar-refractivity contribution in [3.05, 3.63) is 30.6 Å². The van der Waals surface area contributed by atoms with Crippen LogP contribution in [0.4, 0.5) is 5.69 Å². The van der Waals surface area contributed by atoms with Crippen molar-refractivity contribution in [1.29, 1.82) is 0 Å². The topological polar surface area (TPSA) is 55.6 Å². The maximum absolute atomic E-state index is 3.88. The van der Waals surface area contributed by atoms with Gasteiger partial charge in [0.25, 0.3) is 0 Å². The normalized spacial score (nSPS) is 10.5. The molecule has 0 aliphatic rings. The molecule has 0 unspecified atom stereocenters. The van der Waals surface area contributed by atoms with E-state index in [4.69, 9.17) is 0 Å². The highest BCUT2D eigenvalue weighted by molar-refractivity contribution is 5.50. The first-order valence-electron chi connectivity index (χ1n) is 6.47. The van der Waals surface area contributed by atoms with E-state index in [9.17, 15) is 0 Å². The summed E-state index contributed by atoms with van der Waals surface area (Å²) >= 11 is 0. The van der Waals surface area contributed by atoms with E-state index in [0.717, 1.165) is 17.9 Å². The third-order valence-electron chi connectivity index (χ3n) is 2.82. The van der Waals surface area contributed by atoms with E-state index >= 15 is 0 Å². The van der Waals surface area contributed by atoms with Crippen molar-refractivity contribution >= 4 is 5.69 Å². The average Bonchev–Trinajstić information content (AvgIpc) is 2.93. The Labute approximate surface area is 107 Å². The van der Waals surface area contributed by atoms with Gasteiger partial charge in [-0.2, -0.15) is 0 Å². The Bertz CT molecular complexity index is 452. The summed E-state index contributed by atoms with van der Waals surface area (Å²) < 4.78 is 1.66. The molecule has 0 atom stereocenters. The fraction of sp³-hybridized carbons (Fsp3) is 0.462. The first-order valence-corrected chi connectivity index (χ1v) is 6.47. The van der Waals surface area contributed by atoms with Crippen LogP contribution in [-0.2, 0) is 0 Å². The number of rotatable bonds is 7. The van der Waals surface area contributed by atoms with Gasteiger partial charge in [0.05, 0.1) is 5.69 Å². The van der Waals surface area contributed by atoms with Crippen LogP contribution in [0.15, 0.2) is 30.6 Å². The van der Waals surface area contributed by atoms with Crippen LogP contribution in [0, 0.1) is 0 Å². The van der Waals surface area contributed by atoms with Crippen LogP contribution < -0.4 is 5.32 Å². The summed E-state index contributed by atoms with van der Waals surface area (Å²) in [6, 6.07) is 8.11. The second-order valence-corrected chi connectivity index (χ2v) is 4.29. The smallest absolute Gasteiger partial charge is 0.143 e. The molecular formula is C13H19N5. The van der Waals surface area contributed by atoms with Crippen LogP contribution in [0.25, 0.3) is 5.69 Å². The molecule has 1 N–H and O–H groups in total. The fourth-order valence-electron chi connectivity index (χ4n) is 1.82. The summed E-state index contributed by atoms with van der Waals surface area (Å²) in [7, 11) is 0. The summed E-state index contributed by atoms with van der Waals surface area (Å²) in [5, 5.41) is 14.6. The Morgan fingerprint density at radius 2 is 2.17 bits per heavy atom. The number of hydrogen-bond donors (Lipinski definition) is 1. The predicted molar refractivity (Wildman–Crippen MR) is 71.8 cm³/mol. The monoisotopic (exact) mass is 245 g/mol. The van der Waals surface area contributed by atoms with Crippen LogP contribution in [0.3, 0.4) is 0 Å². The third kappa shape index (κ3) is 3.55. The minimum absolute atomic E-state index is 0.971. The van der Waals surface area contributed by atoms with Crippen LogP contribution >= 0.6 is 0 Å². The molecule has 1 heterocycles. The summed E-state index contributed by atoms with van der Waals surface area (Å²) in [5.41, 5.74) is 2.08. The van der Waals surface area contributed by atoms with E-state index in [1.54, 1.807) is 11.0 Å². The Morgan fingerprint density at radius 3 is 2.94 bits per heavy atom. The number of unbranched alkanes of at least 4 members (excludes halogenated alkanes) is 3. The molecule has 5 heteroatoms. The van der Waals surface area contributed by atoms with Gasteiger partial charge < -0.3 is 5.32 Å². The van der Waals surface area contributed by atoms with Gasteiger partial charge in [-0.25, -0.2) is 4.68 Å². The minimum atomic E-state index is 0.971. The standard InChI is InChI=1S/C13H19N5/c1-2-3-4-5-9-14-12-7-6-8-13(10-12)18-11-15-16-17-18/h6-8,10-11,14H,2-5,9H2,1H3. The van der Waals surface area contributed by atoms with Crippen molar-refractivity contribution in [2.24, 2.45) is 0 Å². The molecule has 0 aliphatic heterocycles. The number of hydrogen-bond acceptors (Lipinski definition) is 4. The molecule has 0 amide bonds. The van der Waals surface area contributed by atoms with Crippen LogP contribution in [0.5, 0.6) is 0 Å². The molecule has 5 nitrogen and oxygen atoms in total. The van der Waals surface area contributed by atoms with E-state index in [1.807, 2.05) is 12.1 Å². The molecule has 18 heavy (non-hydrogen) atoms. The summed E-state index contributed by atoms with van der Waals surface area (Å²) in [6.07, 6.45) is 6.68. The minimum Gasteiger partial charge on any atom is -0.385 e. The zero-order valence-corrected chi connectivity index (χ0v) is 10.7. The van der Waals surface area contributed by atoms with Gasteiger partial charge in [-0.3, -0.25) is 0 Å². The van der Waals surface area contributed by atoms with Crippen molar-refractivity contribution in [3.8, 4) is 5.69 Å². The van der Waals surface area contributed by atoms with Gasteiger partial charge in [0, 0.05) is 12.2 Å². The molecular weight excluding hydrogens is 226 g/mol. The Hall–Kier alpha value is -1.91. The lowest BCUT2D eigenvalue weighted by molar-refractivity contribution is 0.685. The summed E-state index contributed by atoms with van der Waals surface area (Å²) in [4.78, 5) is 0. The quantitative estimate of drug-likeness (QED) is 0.762. The highest BCUT2D eigenvalue weighted by Gasteiger charge is 1.99. The van der Waals surface area contributed by atoms with Gasteiger partial charge in [-0.15, -0.1) is 5.10 Å². The van der Waals surface area contributed by atoms with Crippen molar-refractivity contribution in [2.75, 3.05) is 11.9 Å². The molecule has 0 saturated carbocycles. The van der Waals surface area contributed by atoms with Crippen molar-refractivity contribution in [3.63, 3.8) is 0 Å². The lowest BCUT2D eigenvalue weighted by Crippen LogP contribution is -2.02. The van der Waals surface area contributed by atoms with Crippen LogP contribution in [0.1, 0.15) is 32.6 Å². The molecule has 1 aromatic carbocycles. The molecule has 0 saturated heterocycles. The molecule has 96 valence electrons. The van der Waals surface area contributed by atoms with Crippen molar-refractivity contribution in [1.82, 2.24) is 20.2 Å². The Morgan fingerprint density at radius 1 is 1.22 bits per heavy atom. The first-order chi connectivity index (χ1) is 8.90. The van der Waals surface area contributed by atoms with Gasteiger partial charge in [0.2, 0.25) is 0 Å². The zero-order chi connectivity index (χ0) is 12.6. The Balaban J connectivity index is 1.88. The first kappa shape index (κ1) is 12.5. The molecule has 2 rings (SSSR count). The van der Waals surface area contributed by atoms with E-state index in [1.165, 1.54) is 25.7 Å². The molecule has 1 aromatic heterocycles. The van der Waals surface area contributed by atoms with Crippen molar-refractivity contribution < 1.29 is 0 Å². The maximum Gasteiger partial charge on any atom is 0.143 e. The molecule has 0 bridgehead atoms. The number of aromatic nitrogens is 4. The number of nitrogens with zero attached hydrogens (tertiary/aromatic N) is 4. The van der Waals surface area contributed by atoms with E-state index in [2.05, 4.69) is 39.9 Å². The second-order valence-electron chi connectivity index (χ2n) is 4.29. The van der Waals surface area contributed by atoms with Gasteiger partial charge in [-0.05, 0) is 35.0 Å². The molecule has 0 fully saturated rings. The second kappa shape index (κ2) is 6.74. The highest BCUT2D eigenvalue weighted by atomic mass is 15.5. The highest BCUT2D eigenvalue weighted by Crippen LogP contribution is 2.13. The largest absolute Gasteiger partial charge is 0.385 e. The summed E-state index contributed by atoms with van der Waals surface area (Å²) in [5.74, 6) is 0. The molecule has 0 aliphatic carbocycles. The van der Waals surface area contributed by atoms with E-state index in [0.29, 0.717) is 0 Å². The number of tetrazole rings is 1. The molecule has 0 radical (unpaired) electrons. The number of anilines is 1. The number of nitrogens with one attached hydrogen (secondary N) is 1. The third-order valence-corrected chi connectivity index (χ3v) is 2.82. The van der Waals surface area contributed by atoms with E-state index < -0.39 is 0 Å². The van der Waals surface area contributed by atoms with Crippen molar-refractivity contribution in [2.45, 2.75) is 32.6 Å². The van der Waals surface area contributed by atoms with Gasteiger partial charge in [-0.1, -0.05) is 32.3 Å². The van der Waals surface area contributed by atoms with Gasteiger partial charge in [0.1, 0.15) is 6.33 Å². The van der Waals surface area contributed by atoms with Crippen LogP contribution in [-0.4, -0.2) is 26.8 Å². The molecule has 0 spiro atoms. The lowest BCUT2D eigenvalue weighted by atomic mass is 10.2. The maximum atomic E-state index is 3.88. The fourth-order valence-corrected chi connectivity index (χ4v) is 1.82. The Kier molecular flexibility index (Phi) is 4.69. The number of benzene rings is 1. The molecule has 2 aromatic rings. The lowest BCUT2D eigenvalue weighted by Gasteiger charge is -2.07.